The minimum atomic E-state index is -1.12. The number of carboxylic acid groups (broad SMARTS) is 1. The van der Waals surface area contributed by atoms with E-state index in [1.165, 1.54) is 4.90 Å². The summed E-state index contributed by atoms with van der Waals surface area (Å²) in [6.07, 6.45) is 7.62. The molecule has 2 unspecified atom stereocenters. The van der Waals surface area contributed by atoms with Crippen molar-refractivity contribution in [2.75, 3.05) is 6.54 Å². The van der Waals surface area contributed by atoms with Gasteiger partial charge in [-0.1, -0.05) is 0 Å². The summed E-state index contributed by atoms with van der Waals surface area (Å²) in [5, 5.41) is 11.0. The Morgan fingerprint density at radius 1 is 1.56 bits per heavy atom. The third-order valence-electron chi connectivity index (χ3n) is 3.28. The van der Waals surface area contributed by atoms with Crippen molar-refractivity contribution in [1.29, 1.82) is 0 Å². The van der Waals surface area contributed by atoms with E-state index in [0.717, 1.165) is 29.1 Å². The minimum absolute atomic E-state index is 0. The SMILES string of the molecule is O=C([O-])N1CCCC1C1=C2C=NC=C[NH+]2C=N1.[Cl-]. The first-order chi connectivity index (χ1) is 8.27. The van der Waals surface area contributed by atoms with Gasteiger partial charge in [-0.15, -0.1) is 0 Å². The first-order valence-corrected chi connectivity index (χ1v) is 5.60. The average molecular weight is 268 g/mol. The summed E-state index contributed by atoms with van der Waals surface area (Å²) in [6, 6.07) is -0.179. The molecule has 0 aromatic carbocycles. The molecule has 0 aromatic heterocycles. The van der Waals surface area contributed by atoms with Crippen molar-refractivity contribution in [1.82, 2.24) is 4.90 Å². The van der Waals surface area contributed by atoms with Crippen LogP contribution >= 0.6 is 0 Å². The molecule has 0 aromatic rings. The molecular formula is C11H12ClN4O2-. The fraction of sp³-hybridized carbons (Fsp3) is 0.364. The highest BCUT2D eigenvalue weighted by Gasteiger charge is 2.35. The molecule has 1 amide bonds. The number of carbonyl (C=O) groups excluding carboxylic acids is 1. The number of hydrogen-bond acceptors (Lipinski definition) is 4. The van der Waals surface area contributed by atoms with Crippen LogP contribution in [0.2, 0.25) is 0 Å². The molecule has 7 heteroatoms. The van der Waals surface area contributed by atoms with E-state index >= 15 is 0 Å². The number of rotatable bonds is 1. The molecule has 18 heavy (non-hydrogen) atoms. The lowest BCUT2D eigenvalue weighted by Gasteiger charge is -2.26. The molecule has 0 saturated carbocycles. The van der Waals surface area contributed by atoms with E-state index in [4.69, 9.17) is 0 Å². The van der Waals surface area contributed by atoms with E-state index in [1.54, 1.807) is 18.8 Å². The minimum Gasteiger partial charge on any atom is -1.00 e. The van der Waals surface area contributed by atoms with Crippen molar-refractivity contribution in [3.8, 4) is 0 Å². The molecule has 3 aliphatic rings. The Kier molecular flexibility index (Phi) is 3.49. The Bertz CT molecular complexity index is 483. The van der Waals surface area contributed by atoms with Crippen LogP contribution in [0.25, 0.3) is 0 Å². The van der Waals surface area contributed by atoms with E-state index in [1.807, 2.05) is 6.20 Å². The van der Waals surface area contributed by atoms with E-state index < -0.39 is 6.09 Å². The Morgan fingerprint density at radius 3 is 3.17 bits per heavy atom. The highest BCUT2D eigenvalue weighted by molar-refractivity contribution is 5.82. The molecule has 1 fully saturated rings. The smallest absolute Gasteiger partial charge is 0.198 e. The van der Waals surface area contributed by atoms with E-state index in [-0.39, 0.29) is 18.4 Å². The Balaban J connectivity index is 0.00000120. The number of fused-ring (bicyclic) bond motifs is 1. The van der Waals surface area contributed by atoms with Gasteiger partial charge in [0.15, 0.2) is 12.0 Å². The topological polar surface area (TPSA) is 72.5 Å². The summed E-state index contributed by atoms with van der Waals surface area (Å²) in [5.74, 6) is 0. The summed E-state index contributed by atoms with van der Waals surface area (Å²) in [5.41, 5.74) is 1.74. The quantitative estimate of drug-likeness (QED) is 0.520. The maximum absolute atomic E-state index is 11.0. The average Bonchev–Trinajstić information content (AvgIpc) is 2.94. The first-order valence-electron chi connectivity index (χ1n) is 5.60. The predicted octanol–water partition coefficient (Wildman–Crippen LogP) is -4.51. The van der Waals surface area contributed by atoms with Gasteiger partial charge in [0.2, 0.25) is 0 Å². The van der Waals surface area contributed by atoms with Crippen molar-refractivity contribution in [2.45, 2.75) is 18.9 Å². The molecule has 0 aliphatic carbocycles. The molecule has 2 atom stereocenters. The normalized spacial score (nSPS) is 28.6. The monoisotopic (exact) mass is 267 g/mol. The van der Waals surface area contributed by atoms with Crippen LogP contribution in [0.4, 0.5) is 4.79 Å². The highest BCUT2D eigenvalue weighted by atomic mass is 35.5. The van der Waals surface area contributed by atoms with E-state index in [2.05, 4.69) is 9.98 Å². The number of carbonyl (C=O) groups is 1. The molecule has 3 aliphatic heterocycles. The number of hydrogen-bond donors (Lipinski definition) is 1. The lowest BCUT2D eigenvalue weighted by atomic mass is 10.1. The van der Waals surface area contributed by atoms with Crippen LogP contribution in [0.5, 0.6) is 0 Å². The number of halogens is 1. The second-order valence-electron chi connectivity index (χ2n) is 4.22. The summed E-state index contributed by atoms with van der Waals surface area (Å²) in [4.78, 5) is 21.8. The number of nitrogens with zero attached hydrogens (tertiary/aromatic N) is 3. The van der Waals surface area contributed by atoms with Crippen molar-refractivity contribution < 1.29 is 27.2 Å². The zero-order chi connectivity index (χ0) is 11.8. The maximum atomic E-state index is 11.0. The van der Waals surface area contributed by atoms with Crippen molar-refractivity contribution >= 4 is 18.6 Å². The third kappa shape index (κ3) is 1.93. The molecule has 96 valence electrons. The first kappa shape index (κ1) is 12.8. The van der Waals surface area contributed by atoms with Crippen molar-refractivity contribution in [3.05, 3.63) is 23.8 Å². The van der Waals surface area contributed by atoms with Crippen LogP contribution in [-0.4, -0.2) is 36.1 Å². The second-order valence-corrected chi connectivity index (χ2v) is 4.22. The summed E-state index contributed by atoms with van der Waals surface area (Å²) < 4.78 is 0. The standard InChI is InChI=1S/C11H12N4O2.ClH/c16-11(17)15-4-1-2-8(15)10-9-6-12-3-5-14(9)7-13-10;/h3,5-8H,1-2,4H2,(H,16,17);1H/p-1. The van der Waals surface area contributed by atoms with Crippen LogP contribution in [0.15, 0.2) is 33.8 Å². The van der Waals surface area contributed by atoms with Crippen molar-refractivity contribution in [2.24, 2.45) is 9.98 Å². The Hall–Kier alpha value is -1.66. The zero-order valence-corrected chi connectivity index (χ0v) is 10.3. The summed E-state index contributed by atoms with van der Waals surface area (Å²) >= 11 is 0. The number of quaternary nitrogens is 1. The van der Waals surface area contributed by atoms with Crippen LogP contribution < -0.4 is 22.4 Å². The molecule has 1 N–H and O–H groups in total. The zero-order valence-electron chi connectivity index (χ0n) is 9.54. The maximum Gasteiger partial charge on any atom is 0.198 e. The summed E-state index contributed by atoms with van der Waals surface area (Å²) in [7, 11) is 0. The lowest BCUT2D eigenvalue weighted by molar-refractivity contribution is -0.682. The van der Waals surface area contributed by atoms with Gasteiger partial charge in [-0.3, -0.25) is 4.99 Å². The number of allylic oxidation sites excluding steroid dienone is 1. The molecule has 6 nitrogen and oxygen atoms in total. The molecule has 3 heterocycles. The lowest BCUT2D eigenvalue weighted by Crippen LogP contribution is -3.04. The number of nitrogens with one attached hydrogen (secondary N) is 1. The number of amides is 1. The van der Waals surface area contributed by atoms with Crippen LogP contribution in [0, 0.1) is 0 Å². The molecule has 1 saturated heterocycles. The van der Waals surface area contributed by atoms with Gasteiger partial charge in [-0.25, -0.2) is 4.90 Å². The molecular weight excluding hydrogens is 256 g/mol. The fourth-order valence-electron chi connectivity index (χ4n) is 2.48. The predicted molar refractivity (Wildman–Crippen MR) is 59.2 cm³/mol. The van der Waals surface area contributed by atoms with Crippen LogP contribution in [0.3, 0.4) is 0 Å². The molecule has 0 bridgehead atoms. The second kappa shape index (κ2) is 4.91. The number of aliphatic imine (C=N–C) groups is 2. The third-order valence-corrected chi connectivity index (χ3v) is 3.28. The summed E-state index contributed by atoms with van der Waals surface area (Å²) in [6.45, 7) is 0.529. The molecule has 0 radical (unpaired) electrons. The Morgan fingerprint density at radius 2 is 2.39 bits per heavy atom. The van der Waals surface area contributed by atoms with Gasteiger partial charge in [0.1, 0.15) is 18.0 Å². The van der Waals surface area contributed by atoms with Crippen LogP contribution in [-0.2, 0) is 0 Å². The van der Waals surface area contributed by atoms with Gasteiger partial charge in [-0.05, 0) is 12.8 Å². The van der Waals surface area contributed by atoms with Gasteiger partial charge in [0.05, 0.1) is 18.5 Å². The molecule has 0 spiro atoms. The van der Waals surface area contributed by atoms with Gasteiger partial charge < -0.3 is 27.2 Å². The molecule has 3 rings (SSSR count). The van der Waals surface area contributed by atoms with Gasteiger partial charge in [0, 0.05) is 6.54 Å². The van der Waals surface area contributed by atoms with Crippen molar-refractivity contribution in [3.63, 3.8) is 0 Å². The fourth-order valence-corrected chi connectivity index (χ4v) is 2.48. The van der Waals surface area contributed by atoms with Crippen LogP contribution in [0.1, 0.15) is 12.8 Å². The van der Waals surface area contributed by atoms with Gasteiger partial charge in [-0.2, -0.15) is 4.99 Å². The van der Waals surface area contributed by atoms with E-state index in [9.17, 15) is 9.90 Å². The van der Waals surface area contributed by atoms with Gasteiger partial charge in [0.25, 0.3) is 0 Å². The largest absolute Gasteiger partial charge is 1.00 e. The highest BCUT2D eigenvalue weighted by Crippen LogP contribution is 2.26. The number of likely N-dealkylation sites (tertiary alicyclic amines) is 1. The Labute approximate surface area is 110 Å². The van der Waals surface area contributed by atoms with E-state index in [0.29, 0.717) is 6.54 Å². The van der Waals surface area contributed by atoms with Gasteiger partial charge >= 0.3 is 0 Å².